The number of quaternary nitrogens is 1. The maximum atomic E-state index is 13.4. The zero-order valence-electron chi connectivity index (χ0n) is 24.6. The normalized spacial score (nSPS) is 13.0. The summed E-state index contributed by atoms with van der Waals surface area (Å²) in [7, 11) is 8.20. The first-order valence-corrected chi connectivity index (χ1v) is 13.0. The third-order valence-corrected chi connectivity index (χ3v) is 6.62. The number of nitrogens with zero attached hydrogens (tertiary/aromatic N) is 3. The van der Waals surface area contributed by atoms with Crippen molar-refractivity contribution in [3.05, 3.63) is 76.0 Å². The minimum Gasteiger partial charge on any atom is -0.466 e. The second-order valence-corrected chi connectivity index (χ2v) is 10.3. The number of hydrazine groups is 1. The summed E-state index contributed by atoms with van der Waals surface area (Å²) >= 11 is 0. The van der Waals surface area contributed by atoms with Crippen LogP contribution in [0.1, 0.15) is 41.6 Å². The van der Waals surface area contributed by atoms with Crippen LogP contribution in [-0.2, 0) is 27.0 Å². The molecule has 0 fully saturated rings. The number of halogens is 3. The predicted molar refractivity (Wildman–Crippen MR) is 151 cm³/mol. The van der Waals surface area contributed by atoms with E-state index in [9.17, 15) is 28.0 Å². The van der Waals surface area contributed by atoms with Crippen LogP contribution in [0.5, 0.6) is 0 Å². The van der Waals surface area contributed by atoms with Gasteiger partial charge in [0.05, 0.1) is 57.1 Å². The number of ether oxygens (including phenoxy) is 2. The molecule has 4 N–H and O–H groups in total. The molecule has 2 aromatic carbocycles. The van der Waals surface area contributed by atoms with Gasteiger partial charge in [0.25, 0.3) is 0 Å². The number of carbonyl (C=O) groups excluding carboxylic acids is 2. The Morgan fingerprint density at radius 2 is 1.86 bits per heavy atom. The highest BCUT2D eigenvalue weighted by molar-refractivity contribution is 5.92. The number of esters is 1. The van der Waals surface area contributed by atoms with E-state index in [2.05, 4.69) is 16.8 Å². The monoisotopic (exact) mass is 591 g/mol. The largest absolute Gasteiger partial charge is 0.466 e. The van der Waals surface area contributed by atoms with Crippen LogP contribution in [0.4, 0.5) is 23.7 Å². The molecule has 2 aromatic rings. The second kappa shape index (κ2) is 14.7. The van der Waals surface area contributed by atoms with Gasteiger partial charge in [0.15, 0.2) is 0 Å². The molecule has 2 amide bonds. The zero-order chi connectivity index (χ0) is 31.7. The van der Waals surface area contributed by atoms with E-state index in [0.29, 0.717) is 34.3 Å². The van der Waals surface area contributed by atoms with Crippen LogP contribution in [0.15, 0.2) is 53.7 Å². The van der Waals surface area contributed by atoms with Gasteiger partial charge in [0.1, 0.15) is 12.6 Å². The molecule has 0 saturated carbocycles. The van der Waals surface area contributed by atoms with Gasteiger partial charge in [-0.2, -0.15) is 18.4 Å². The molecule has 0 unspecified atom stereocenters. The third kappa shape index (κ3) is 8.94. The number of hydrogen-bond donors (Lipinski definition) is 3. The van der Waals surface area contributed by atoms with Crippen LogP contribution < -0.4 is 16.5 Å². The molecular weight excluding hydrogens is 553 g/mol. The summed E-state index contributed by atoms with van der Waals surface area (Å²) < 4.78 is 50.8. The molecule has 1 atom stereocenters. The number of alkyl halides is 3. The fourth-order valence-electron chi connectivity index (χ4n) is 4.68. The molecule has 0 aliphatic heterocycles. The van der Waals surface area contributed by atoms with Crippen molar-refractivity contribution in [2.75, 3.05) is 53.8 Å². The van der Waals surface area contributed by atoms with Gasteiger partial charge in [-0.3, -0.25) is 0 Å². The molecule has 2 rings (SSSR count). The number of nitrogens with two attached hydrogens (primary N) is 1. The average molecular weight is 592 g/mol. The Morgan fingerprint density at radius 1 is 1.17 bits per heavy atom. The minimum atomic E-state index is -4.58. The van der Waals surface area contributed by atoms with E-state index < -0.39 is 29.8 Å². The molecule has 0 saturated heterocycles. The molecule has 0 spiro atoms. The van der Waals surface area contributed by atoms with Crippen LogP contribution in [0.2, 0.25) is 0 Å². The molecule has 228 valence electrons. The van der Waals surface area contributed by atoms with E-state index in [-0.39, 0.29) is 17.0 Å². The van der Waals surface area contributed by atoms with Gasteiger partial charge < -0.3 is 25.0 Å². The SMILES string of the molecule is CNN(C(N)=O)[C@@H](/C(C(=O)OC)=C(/C)Nc1cccc(C(F)(F)F)c1)c1ccc(C#N)cc1C[N+](C)(C)CCCOC. The first kappa shape index (κ1) is 34.1. The minimum absolute atomic E-state index is 0.0635. The number of urea groups is 1. The first-order valence-electron chi connectivity index (χ1n) is 13.0. The topological polar surface area (TPSA) is 130 Å². The van der Waals surface area contributed by atoms with Crippen LogP contribution in [0.3, 0.4) is 0 Å². The van der Waals surface area contributed by atoms with Crippen molar-refractivity contribution in [1.82, 2.24) is 10.4 Å². The number of nitrogens with one attached hydrogen (secondary N) is 2. The fourth-order valence-corrected chi connectivity index (χ4v) is 4.68. The smallest absolute Gasteiger partial charge is 0.416 e. The van der Waals surface area contributed by atoms with Crippen LogP contribution >= 0.6 is 0 Å². The maximum Gasteiger partial charge on any atom is 0.416 e. The van der Waals surface area contributed by atoms with Gasteiger partial charge in [-0.1, -0.05) is 12.1 Å². The van der Waals surface area contributed by atoms with Gasteiger partial charge in [0, 0.05) is 37.5 Å². The second-order valence-electron chi connectivity index (χ2n) is 10.3. The van der Waals surface area contributed by atoms with Crippen molar-refractivity contribution < 1.29 is 36.7 Å². The number of anilines is 1. The van der Waals surface area contributed by atoms with Gasteiger partial charge in [-0.05, 0) is 42.8 Å². The molecule has 0 bridgehead atoms. The number of amides is 2. The zero-order valence-corrected chi connectivity index (χ0v) is 24.6. The summed E-state index contributed by atoms with van der Waals surface area (Å²) in [5.74, 6) is -0.845. The van der Waals surface area contributed by atoms with E-state index in [4.69, 9.17) is 15.2 Å². The number of nitriles is 1. The van der Waals surface area contributed by atoms with Gasteiger partial charge in [0.2, 0.25) is 0 Å². The van der Waals surface area contributed by atoms with Gasteiger partial charge in [-0.25, -0.2) is 20.0 Å². The lowest BCUT2D eigenvalue weighted by molar-refractivity contribution is -0.903. The maximum absolute atomic E-state index is 13.4. The number of benzene rings is 2. The van der Waals surface area contributed by atoms with Crippen molar-refractivity contribution in [2.24, 2.45) is 5.73 Å². The van der Waals surface area contributed by atoms with Gasteiger partial charge >= 0.3 is 18.2 Å². The molecular formula is C29H38F3N6O4+. The van der Waals surface area contributed by atoms with Crippen LogP contribution in [0.25, 0.3) is 0 Å². The summed E-state index contributed by atoms with van der Waals surface area (Å²) in [6, 6.07) is 9.34. The van der Waals surface area contributed by atoms with Crippen molar-refractivity contribution in [2.45, 2.75) is 32.1 Å². The molecule has 0 aliphatic carbocycles. The van der Waals surface area contributed by atoms with Crippen molar-refractivity contribution in [3.63, 3.8) is 0 Å². The van der Waals surface area contributed by atoms with Crippen molar-refractivity contribution >= 4 is 17.7 Å². The highest BCUT2D eigenvalue weighted by atomic mass is 19.4. The summed E-state index contributed by atoms with van der Waals surface area (Å²) in [5, 5.41) is 13.5. The predicted octanol–water partition coefficient (Wildman–Crippen LogP) is 4.31. The third-order valence-electron chi connectivity index (χ3n) is 6.62. The number of allylic oxidation sites excluding steroid dienone is 1. The van der Waals surface area contributed by atoms with E-state index in [0.717, 1.165) is 37.2 Å². The summed E-state index contributed by atoms with van der Waals surface area (Å²) in [5.41, 5.74) is 9.15. The number of carbonyl (C=O) groups is 2. The molecule has 42 heavy (non-hydrogen) atoms. The molecule has 13 heteroatoms. The standard InChI is InChI=1S/C29H37F3N6O4/c1-19(36-23-10-7-9-22(16-23)29(30,31)32)25(27(39)42-6)26(37(35-2)28(34)40)24-12-11-20(17-33)15-21(24)18-38(3,4)13-8-14-41-5/h7,9-12,15-16,26,35H,8,13-14,18H2,1-6H3,(H2-,34,36,39,40)/p+1/t26-/m1/s1. The van der Waals surface area contributed by atoms with Crippen molar-refractivity contribution in [1.29, 1.82) is 5.26 Å². The number of primary amides is 1. The lowest BCUT2D eigenvalue weighted by atomic mass is 9.90. The van der Waals surface area contributed by atoms with E-state index in [1.165, 1.54) is 26.1 Å². The number of hydrogen-bond acceptors (Lipinski definition) is 7. The fraction of sp³-hybridized carbons (Fsp3) is 0.414. The first-order chi connectivity index (χ1) is 19.7. The quantitative estimate of drug-likeness (QED) is 0.104. The van der Waals surface area contributed by atoms with Gasteiger partial charge in [-0.15, -0.1) is 0 Å². The summed E-state index contributed by atoms with van der Waals surface area (Å²) in [4.78, 5) is 26.0. The Morgan fingerprint density at radius 3 is 2.40 bits per heavy atom. The highest BCUT2D eigenvalue weighted by Crippen LogP contribution is 2.36. The Hall–Kier alpha value is -4.12. The molecule has 0 aromatic heterocycles. The van der Waals surface area contributed by atoms with E-state index >= 15 is 0 Å². The number of methoxy groups -OCH3 is 2. The lowest BCUT2D eigenvalue weighted by Gasteiger charge is -2.35. The Kier molecular flexibility index (Phi) is 11.9. The number of rotatable bonds is 13. The Labute approximate surface area is 244 Å². The summed E-state index contributed by atoms with van der Waals surface area (Å²) in [6.45, 7) is 3.16. The Balaban J connectivity index is 2.81. The van der Waals surface area contributed by atoms with E-state index in [1.807, 2.05) is 14.1 Å². The molecule has 10 nitrogen and oxygen atoms in total. The molecule has 0 aliphatic rings. The molecule has 0 heterocycles. The van der Waals surface area contributed by atoms with Crippen molar-refractivity contribution in [3.8, 4) is 6.07 Å². The molecule has 0 radical (unpaired) electrons. The lowest BCUT2D eigenvalue weighted by Crippen LogP contribution is -2.49. The summed E-state index contributed by atoms with van der Waals surface area (Å²) in [6.07, 6.45) is -3.82. The highest BCUT2D eigenvalue weighted by Gasteiger charge is 2.36. The van der Waals surface area contributed by atoms with E-state index in [1.54, 1.807) is 25.3 Å². The van der Waals surface area contributed by atoms with Crippen LogP contribution in [0, 0.1) is 11.3 Å². The average Bonchev–Trinajstić information content (AvgIpc) is 2.92. The van der Waals surface area contributed by atoms with Crippen LogP contribution in [-0.4, -0.2) is 70.0 Å². The Bertz CT molecular complexity index is 1340.